The van der Waals surface area contributed by atoms with E-state index in [1.807, 2.05) is 31.2 Å². The minimum atomic E-state index is 0.270. The maximum Gasteiger partial charge on any atom is 0.119 e. The molecule has 0 radical (unpaired) electrons. The first kappa shape index (κ1) is 15.4. The Morgan fingerprint density at radius 1 is 1.05 bits per heavy atom. The lowest BCUT2D eigenvalue weighted by Gasteiger charge is -2.15. The fourth-order valence-electron chi connectivity index (χ4n) is 2.17. The molecule has 2 aromatic carbocycles. The first-order valence-electron chi connectivity index (χ1n) is 7.32. The van der Waals surface area contributed by atoms with Crippen molar-refractivity contribution in [2.24, 2.45) is 0 Å². The van der Waals surface area contributed by atoms with E-state index in [1.54, 1.807) is 7.11 Å². The van der Waals surface area contributed by atoms with Crippen LogP contribution in [0.4, 0.5) is 0 Å². The van der Waals surface area contributed by atoms with E-state index >= 15 is 0 Å². The number of hydrogen-bond donors (Lipinski definition) is 1. The van der Waals surface area contributed by atoms with Gasteiger partial charge in [-0.15, -0.1) is 0 Å². The quantitative estimate of drug-likeness (QED) is 0.835. The standard InChI is InChI=1S/C18H23NO2/c1-4-21-17-10-8-15(9-11-17)13-19-14(2)16-6-5-7-18(12-16)20-3/h5-12,14,19H,4,13H2,1-3H3. The molecule has 1 N–H and O–H groups in total. The van der Waals surface area contributed by atoms with Crippen LogP contribution in [0.1, 0.15) is 31.0 Å². The van der Waals surface area contributed by atoms with Gasteiger partial charge in [0.05, 0.1) is 13.7 Å². The summed E-state index contributed by atoms with van der Waals surface area (Å²) in [6, 6.07) is 16.6. The van der Waals surface area contributed by atoms with Crippen molar-refractivity contribution < 1.29 is 9.47 Å². The highest BCUT2D eigenvalue weighted by atomic mass is 16.5. The zero-order valence-corrected chi connectivity index (χ0v) is 12.9. The van der Waals surface area contributed by atoms with E-state index in [4.69, 9.17) is 9.47 Å². The SMILES string of the molecule is CCOc1ccc(CNC(C)c2cccc(OC)c2)cc1. The molecule has 0 bridgehead atoms. The van der Waals surface area contributed by atoms with Gasteiger partial charge in [-0.1, -0.05) is 24.3 Å². The Kier molecular flexibility index (Phi) is 5.64. The van der Waals surface area contributed by atoms with Crippen LogP contribution in [0.15, 0.2) is 48.5 Å². The smallest absolute Gasteiger partial charge is 0.119 e. The van der Waals surface area contributed by atoms with Crippen LogP contribution >= 0.6 is 0 Å². The summed E-state index contributed by atoms with van der Waals surface area (Å²) in [5.74, 6) is 1.81. The summed E-state index contributed by atoms with van der Waals surface area (Å²) in [5.41, 5.74) is 2.47. The third kappa shape index (κ3) is 4.50. The van der Waals surface area contributed by atoms with Crippen molar-refractivity contribution in [1.82, 2.24) is 5.32 Å². The molecule has 0 heterocycles. The summed E-state index contributed by atoms with van der Waals surface area (Å²) in [6.07, 6.45) is 0. The van der Waals surface area contributed by atoms with Crippen molar-refractivity contribution >= 4 is 0 Å². The van der Waals surface area contributed by atoms with Crippen molar-refractivity contribution in [3.8, 4) is 11.5 Å². The molecule has 21 heavy (non-hydrogen) atoms. The van der Waals surface area contributed by atoms with Gasteiger partial charge in [0.2, 0.25) is 0 Å². The van der Waals surface area contributed by atoms with Gasteiger partial charge in [-0.05, 0) is 49.2 Å². The Hall–Kier alpha value is -2.00. The predicted molar refractivity (Wildman–Crippen MR) is 85.9 cm³/mol. The van der Waals surface area contributed by atoms with Gasteiger partial charge >= 0.3 is 0 Å². The number of methoxy groups -OCH3 is 1. The third-order valence-electron chi connectivity index (χ3n) is 3.44. The van der Waals surface area contributed by atoms with Gasteiger partial charge in [-0.25, -0.2) is 0 Å². The van der Waals surface area contributed by atoms with Gasteiger partial charge in [0.15, 0.2) is 0 Å². The number of rotatable bonds is 7. The van der Waals surface area contributed by atoms with E-state index in [0.29, 0.717) is 6.61 Å². The maximum absolute atomic E-state index is 5.45. The molecule has 2 rings (SSSR count). The Labute approximate surface area is 126 Å². The monoisotopic (exact) mass is 285 g/mol. The van der Waals surface area contributed by atoms with Crippen molar-refractivity contribution in [3.63, 3.8) is 0 Å². The lowest BCUT2D eigenvalue weighted by molar-refractivity contribution is 0.340. The second-order valence-corrected chi connectivity index (χ2v) is 4.96. The van der Waals surface area contributed by atoms with Gasteiger partial charge < -0.3 is 14.8 Å². The molecular weight excluding hydrogens is 262 g/mol. The van der Waals surface area contributed by atoms with Crippen molar-refractivity contribution in [1.29, 1.82) is 0 Å². The summed E-state index contributed by atoms with van der Waals surface area (Å²) >= 11 is 0. The molecule has 0 aliphatic rings. The predicted octanol–water partition coefficient (Wildman–Crippen LogP) is 3.94. The van der Waals surface area contributed by atoms with E-state index in [9.17, 15) is 0 Å². The fraction of sp³-hybridized carbons (Fsp3) is 0.333. The van der Waals surface area contributed by atoms with Crippen molar-refractivity contribution in [2.45, 2.75) is 26.4 Å². The molecule has 0 aliphatic carbocycles. The lowest BCUT2D eigenvalue weighted by atomic mass is 10.1. The van der Waals surface area contributed by atoms with Crippen LogP contribution in [0.2, 0.25) is 0 Å². The van der Waals surface area contributed by atoms with E-state index in [-0.39, 0.29) is 6.04 Å². The maximum atomic E-state index is 5.45. The van der Waals surface area contributed by atoms with E-state index in [0.717, 1.165) is 18.0 Å². The summed E-state index contributed by atoms with van der Waals surface area (Å²) in [6.45, 7) is 5.67. The molecule has 3 heteroatoms. The van der Waals surface area contributed by atoms with Gasteiger partial charge in [0.1, 0.15) is 11.5 Å². The molecule has 0 aliphatic heterocycles. The summed E-state index contributed by atoms with van der Waals surface area (Å²) in [4.78, 5) is 0. The molecule has 0 saturated carbocycles. The second kappa shape index (κ2) is 7.70. The van der Waals surface area contributed by atoms with Crippen LogP contribution in [0.5, 0.6) is 11.5 Å². The molecule has 0 aromatic heterocycles. The first-order valence-corrected chi connectivity index (χ1v) is 7.32. The van der Waals surface area contributed by atoms with Crippen LogP contribution in [0.25, 0.3) is 0 Å². The minimum absolute atomic E-state index is 0.270. The molecular formula is C18H23NO2. The Balaban J connectivity index is 1.92. The first-order chi connectivity index (χ1) is 10.2. The van der Waals surface area contributed by atoms with Crippen LogP contribution in [0.3, 0.4) is 0 Å². The number of benzene rings is 2. The molecule has 3 nitrogen and oxygen atoms in total. The highest BCUT2D eigenvalue weighted by Crippen LogP contribution is 2.19. The van der Waals surface area contributed by atoms with Crippen molar-refractivity contribution in [3.05, 3.63) is 59.7 Å². The van der Waals surface area contributed by atoms with E-state index in [1.165, 1.54) is 11.1 Å². The Morgan fingerprint density at radius 2 is 1.81 bits per heavy atom. The second-order valence-electron chi connectivity index (χ2n) is 4.96. The Morgan fingerprint density at radius 3 is 2.48 bits per heavy atom. The van der Waals surface area contributed by atoms with E-state index in [2.05, 4.69) is 36.5 Å². The van der Waals surface area contributed by atoms with Crippen LogP contribution in [0, 0.1) is 0 Å². The topological polar surface area (TPSA) is 30.5 Å². The minimum Gasteiger partial charge on any atom is -0.497 e. The average molecular weight is 285 g/mol. The molecule has 0 saturated heterocycles. The van der Waals surface area contributed by atoms with Crippen LogP contribution in [-0.4, -0.2) is 13.7 Å². The molecule has 112 valence electrons. The average Bonchev–Trinajstić information content (AvgIpc) is 2.54. The Bertz CT molecular complexity index is 551. The molecule has 0 fully saturated rings. The van der Waals surface area contributed by atoms with E-state index < -0.39 is 0 Å². The highest BCUT2D eigenvalue weighted by Gasteiger charge is 2.06. The summed E-state index contributed by atoms with van der Waals surface area (Å²) < 4.78 is 10.7. The molecule has 2 aromatic rings. The van der Waals surface area contributed by atoms with Gasteiger partial charge in [0.25, 0.3) is 0 Å². The molecule has 1 atom stereocenters. The zero-order valence-electron chi connectivity index (χ0n) is 12.9. The van der Waals surface area contributed by atoms with Crippen LogP contribution < -0.4 is 14.8 Å². The van der Waals surface area contributed by atoms with Gasteiger partial charge in [-0.3, -0.25) is 0 Å². The summed E-state index contributed by atoms with van der Waals surface area (Å²) in [7, 11) is 1.69. The fourth-order valence-corrected chi connectivity index (χ4v) is 2.17. The lowest BCUT2D eigenvalue weighted by Crippen LogP contribution is -2.18. The van der Waals surface area contributed by atoms with Gasteiger partial charge in [0, 0.05) is 12.6 Å². The number of ether oxygens (including phenoxy) is 2. The third-order valence-corrected chi connectivity index (χ3v) is 3.44. The number of nitrogens with one attached hydrogen (secondary N) is 1. The number of hydrogen-bond acceptors (Lipinski definition) is 3. The van der Waals surface area contributed by atoms with Crippen LogP contribution in [-0.2, 0) is 6.54 Å². The van der Waals surface area contributed by atoms with Crippen molar-refractivity contribution in [2.75, 3.05) is 13.7 Å². The van der Waals surface area contributed by atoms with Gasteiger partial charge in [-0.2, -0.15) is 0 Å². The summed E-state index contributed by atoms with van der Waals surface area (Å²) in [5, 5.41) is 3.52. The molecule has 0 spiro atoms. The molecule has 0 amide bonds. The largest absolute Gasteiger partial charge is 0.497 e. The molecule has 1 unspecified atom stereocenters. The normalized spacial score (nSPS) is 12.0. The highest BCUT2D eigenvalue weighted by molar-refractivity contribution is 5.31. The zero-order chi connectivity index (χ0) is 15.1.